The van der Waals surface area contributed by atoms with Gasteiger partial charge in [0.05, 0.1) is 20.1 Å². The zero-order valence-corrected chi connectivity index (χ0v) is 16.2. The summed E-state index contributed by atoms with van der Waals surface area (Å²) >= 11 is 6.36. The van der Waals surface area contributed by atoms with Crippen molar-refractivity contribution in [2.75, 3.05) is 0 Å². The molecule has 0 unspecified atom stereocenters. The van der Waals surface area contributed by atoms with Crippen LogP contribution in [0, 0.1) is 12.8 Å². The highest BCUT2D eigenvalue weighted by atomic mass is 79.9. The molecule has 1 aromatic heterocycles. The Hall–Kier alpha value is -1.01. The molecule has 1 fully saturated rings. The second kappa shape index (κ2) is 6.13. The quantitative estimate of drug-likeness (QED) is 0.634. The highest BCUT2D eigenvalue weighted by Gasteiger charge is 2.39. The van der Waals surface area contributed by atoms with Gasteiger partial charge in [0.2, 0.25) is 11.6 Å². The van der Waals surface area contributed by atoms with Gasteiger partial charge in [-0.1, -0.05) is 19.3 Å². The molecule has 0 radical (unpaired) electrons. The molecule has 23 heavy (non-hydrogen) atoms. The Morgan fingerprint density at radius 1 is 1.04 bits per heavy atom. The molecule has 0 N–H and O–H groups in total. The number of hydrogen-bond donors (Lipinski definition) is 0. The lowest BCUT2D eigenvalue weighted by molar-refractivity contribution is 0.0882. The fraction of sp³-hybridized carbons (Fsp3) is 0.471. The number of carbonyl (C=O) groups excluding carboxylic acids is 3. The summed E-state index contributed by atoms with van der Waals surface area (Å²) in [5, 5.41) is 0. The van der Waals surface area contributed by atoms with Crippen molar-refractivity contribution in [1.29, 1.82) is 0 Å². The van der Waals surface area contributed by atoms with Crippen LogP contribution in [0.25, 0.3) is 0 Å². The second-order valence-corrected chi connectivity index (χ2v) is 7.81. The number of halogens is 2. The summed E-state index contributed by atoms with van der Waals surface area (Å²) in [6.07, 6.45) is 4.99. The van der Waals surface area contributed by atoms with Crippen molar-refractivity contribution < 1.29 is 14.4 Å². The number of nitrogens with zero attached hydrogens (tertiary/aromatic N) is 1. The van der Waals surface area contributed by atoms with E-state index in [1.54, 1.807) is 18.5 Å². The first-order valence-corrected chi connectivity index (χ1v) is 9.33. The maximum Gasteiger partial charge on any atom is 0.218 e. The van der Waals surface area contributed by atoms with Crippen LogP contribution in [0.5, 0.6) is 0 Å². The summed E-state index contributed by atoms with van der Waals surface area (Å²) < 4.78 is 2.08. The molecule has 0 atom stereocenters. The molecule has 0 spiro atoms. The van der Waals surface area contributed by atoms with Crippen LogP contribution in [0.3, 0.4) is 0 Å². The smallest absolute Gasteiger partial charge is 0.218 e. The van der Waals surface area contributed by atoms with Crippen LogP contribution in [0.1, 0.15) is 69.0 Å². The van der Waals surface area contributed by atoms with E-state index in [9.17, 15) is 14.4 Å². The van der Waals surface area contributed by atoms with Gasteiger partial charge in [-0.25, -0.2) is 0 Å². The van der Waals surface area contributed by atoms with Crippen molar-refractivity contribution in [2.24, 2.45) is 13.0 Å². The Morgan fingerprint density at radius 2 is 1.61 bits per heavy atom. The Kier molecular flexibility index (Phi) is 4.49. The average Bonchev–Trinajstić information content (AvgIpc) is 2.83. The van der Waals surface area contributed by atoms with E-state index in [1.165, 1.54) is 0 Å². The van der Waals surface area contributed by atoms with E-state index < -0.39 is 0 Å². The molecule has 4 nitrogen and oxygen atoms in total. The van der Waals surface area contributed by atoms with Crippen LogP contribution in [-0.4, -0.2) is 21.9 Å². The molecule has 0 amide bonds. The fourth-order valence-corrected chi connectivity index (χ4v) is 4.32. The summed E-state index contributed by atoms with van der Waals surface area (Å²) in [7, 11) is 1.73. The topological polar surface area (TPSA) is 56.1 Å². The normalized spacial score (nSPS) is 19.3. The maximum absolute atomic E-state index is 13.0. The van der Waals surface area contributed by atoms with Gasteiger partial charge in [-0.2, -0.15) is 0 Å². The van der Waals surface area contributed by atoms with E-state index in [0.29, 0.717) is 17.0 Å². The molecule has 2 aliphatic carbocycles. The zero-order chi connectivity index (χ0) is 16.9. The van der Waals surface area contributed by atoms with Gasteiger partial charge in [0, 0.05) is 18.7 Å². The van der Waals surface area contributed by atoms with Crippen LogP contribution < -0.4 is 0 Å². The lowest BCUT2D eigenvalue weighted by Gasteiger charge is -2.21. The predicted octanol–water partition coefficient (Wildman–Crippen LogP) is 4.48. The van der Waals surface area contributed by atoms with Gasteiger partial charge in [-0.05, 0) is 51.6 Å². The standard InChI is InChI=1S/C17H17Br2NO3/c1-8-10(15(21)9-6-4-3-5-7-9)11-14(20(8)2)17(23)13(19)12(18)16(11)22/h9H,3-7H2,1-2H3. The van der Waals surface area contributed by atoms with E-state index >= 15 is 0 Å². The molecule has 0 saturated heterocycles. The molecule has 3 rings (SSSR count). The second-order valence-electron chi connectivity index (χ2n) is 6.23. The third kappa shape index (κ3) is 2.50. The SMILES string of the molecule is Cc1c(C(=O)C2CCCCC2)c2c(n1C)C(=O)C(Br)=C(Br)C2=O. The van der Waals surface area contributed by atoms with Gasteiger partial charge in [0.25, 0.3) is 0 Å². The predicted molar refractivity (Wildman–Crippen MR) is 94.6 cm³/mol. The van der Waals surface area contributed by atoms with Crippen molar-refractivity contribution in [2.45, 2.75) is 39.0 Å². The Labute approximate surface area is 151 Å². The molecular weight excluding hydrogens is 426 g/mol. The lowest BCUT2D eigenvalue weighted by Crippen LogP contribution is -2.23. The van der Waals surface area contributed by atoms with Gasteiger partial charge in [0.15, 0.2) is 5.78 Å². The van der Waals surface area contributed by atoms with Crippen LogP contribution >= 0.6 is 31.9 Å². The number of ketones is 3. The number of fused-ring (bicyclic) bond motifs is 1. The lowest BCUT2D eigenvalue weighted by atomic mass is 9.82. The average molecular weight is 443 g/mol. The zero-order valence-electron chi connectivity index (χ0n) is 13.0. The minimum atomic E-state index is -0.297. The molecule has 1 aromatic rings. The molecule has 0 bridgehead atoms. The number of hydrogen-bond acceptors (Lipinski definition) is 3. The minimum Gasteiger partial charge on any atom is -0.344 e. The van der Waals surface area contributed by atoms with Crippen molar-refractivity contribution in [1.82, 2.24) is 4.57 Å². The van der Waals surface area contributed by atoms with Crippen LogP contribution in [0.4, 0.5) is 0 Å². The summed E-state index contributed by atoms with van der Waals surface area (Å²) in [5.74, 6) is -0.586. The number of carbonyl (C=O) groups is 3. The fourth-order valence-electron chi connectivity index (χ4n) is 3.57. The van der Waals surface area contributed by atoms with E-state index in [0.717, 1.165) is 32.1 Å². The summed E-state index contributed by atoms with van der Waals surface area (Å²) in [4.78, 5) is 38.3. The van der Waals surface area contributed by atoms with Crippen molar-refractivity contribution in [3.63, 3.8) is 0 Å². The molecule has 6 heteroatoms. The van der Waals surface area contributed by atoms with E-state index in [-0.39, 0.29) is 37.8 Å². The number of rotatable bonds is 2. The summed E-state index contributed by atoms with van der Waals surface area (Å²) in [5.41, 5.74) is 1.70. The van der Waals surface area contributed by atoms with Gasteiger partial charge in [-0.15, -0.1) is 0 Å². The first-order valence-electron chi connectivity index (χ1n) is 7.74. The molecule has 122 valence electrons. The van der Waals surface area contributed by atoms with Gasteiger partial charge in [-0.3, -0.25) is 14.4 Å². The Bertz CT molecular complexity index is 767. The first kappa shape index (κ1) is 16.8. The Morgan fingerprint density at radius 3 is 2.22 bits per heavy atom. The molecule has 1 saturated carbocycles. The highest BCUT2D eigenvalue weighted by Crippen LogP contribution is 2.38. The van der Waals surface area contributed by atoms with Crippen molar-refractivity contribution >= 4 is 49.2 Å². The summed E-state index contributed by atoms with van der Waals surface area (Å²) in [6.45, 7) is 1.80. The van der Waals surface area contributed by atoms with E-state index in [4.69, 9.17) is 0 Å². The number of Topliss-reactive ketones (excluding diaryl/α,β-unsaturated/α-hetero) is 3. The molecule has 0 aliphatic heterocycles. The van der Waals surface area contributed by atoms with Crippen LogP contribution in [-0.2, 0) is 7.05 Å². The van der Waals surface area contributed by atoms with E-state index in [1.807, 2.05) is 0 Å². The van der Waals surface area contributed by atoms with E-state index in [2.05, 4.69) is 31.9 Å². The molecular formula is C17H17Br2NO3. The van der Waals surface area contributed by atoms with Crippen LogP contribution in [0.15, 0.2) is 8.96 Å². The minimum absolute atomic E-state index is 0.0125. The number of allylic oxidation sites excluding steroid dienone is 2. The van der Waals surface area contributed by atoms with Gasteiger partial charge in [0.1, 0.15) is 5.69 Å². The molecule has 1 heterocycles. The van der Waals surface area contributed by atoms with Crippen molar-refractivity contribution in [3.8, 4) is 0 Å². The van der Waals surface area contributed by atoms with Gasteiger partial charge < -0.3 is 4.57 Å². The third-order valence-corrected chi connectivity index (χ3v) is 6.99. The summed E-state index contributed by atoms with van der Waals surface area (Å²) in [6, 6.07) is 0. The molecule has 0 aromatic carbocycles. The third-order valence-electron chi connectivity index (χ3n) is 4.94. The van der Waals surface area contributed by atoms with Crippen LogP contribution in [0.2, 0.25) is 0 Å². The largest absolute Gasteiger partial charge is 0.344 e. The number of aromatic nitrogens is 1. The molecule has 2 aliphatic rings. The first-order chi connectivity index (χ1) is 10.9. The van der Waals surface area contributed by atoms with Gasteiger partial charge >= 0.3 is 0 Å². The maximum atomic E-state index is 13.0. The Balaban J connectivity index is 2.17. The highest BCUT2D eigenvalue weighted by molar-refractivity contribution is 9.14. The monoisotopic (exact) mass is 441 g/mol. The van der Waals surface area contributed by atoms with Crippen molar-refractivity contribution in [3.05, 3.63) is 31.5 Å².